The number of nitrogens with two attached hydrogens (primary N) is 1. The highest BCUT2D eigenvalue weighted by atomic mass is 16.4. The van der Waals surface area contributed by atoms with Crippen molar-refractivity contribution in [2.75, 3.05) is 11.1 Å². The molecular weight excluding hydrogens is 220 g/mol. The highest BCUT2D eigenvalue weighted by molar-refractivity contribution is 5.94. The van der Waals surface area contributed by atoms with E-state index in [0.29, 0.717) is 16.8 Å². The van der Waals surface area contributed by atoms with Gasteiger partial charge in [0.05, 0.1) is 0 Å². The van der Waals surface area contributed by atoms with Gasteiger partial charge in [-0.05, 0) is 24.6 Å². The smallest absolute Gasteiger partial charge is 0.360 e. The van der Waals surface area contributed by atoms with Crippen molar-refractivity contribution >= 4 is 28.3 Å². The van der Waals surface area contributed by atoms with Crippen LogP contribution in [-0.4, -0.2) is 5.91 Å². The largest absolute Gasteiger partial charge is 0.421 e. The maximum Gasteiger partial charge on any atom is 0.360 e. The molecule has 0 spiro atoms. The van der Waals surface area contributed by atoms with Gasteiger partial charge in [0, 0.05) is 24.1 Å². The molecule has 0 saturated heterocycles. The Morgan fingerprint density at radius 3 is 2.76 bits per heavy atom. The third-order valence-electron chi connectivity index (χ3n) is 2.49. The highest BCUT2D eigenvalue weighted by Gasteiger charge is 2.12. The van der Waals surface area contributed by atoms with Crippen LogP contribution in [0.15, 0.2) is 27.4 Å². The quantitative estimate of drug-likeness (QED) is 0.578. The fourth-order valence-electron chi connectivity index (χ4n) is 1.69. The summed E-state index contributed by atoms with van der Waals surface area (Å²) < 4.78 is 5.11. The minimum Gasteiger partial charge on any atom is -0.421 e. The van der Waals surface area contributed by atoms with Crippen LogP contribution < -0.4 is 16.7 Å². The molecule has 88 valence electrons. The fraction of sp³-hybridized carbons (Fsp3) is 0.167. The van der Waals surface area contributed by atoms with E-state index in [0.717, 1.165) is 5.39 Å². The Kier molecular flexibility index (Phi) is 2.59. The van der Waals surface area contributed by atoms with E-state index in [9.17, 15) is 9.59 Å². The summed E-state index contributed by atoms with van der Waals surface area (Å²) in [7, 11) is 0. The van der Waals surface area contributed by atoms with Gasteiger partial charge in [0.2, 0.25) is 5.91 Å². The van der Waals surface area contributed by atoms with E-state index in [2.05, 4.69) is 5.32 Å². The van der Waals surface area contributed by atoms with Gasteiger partial charge in [0.15, 0.2) is 0 Å². The third kappa shape index (κ3) is 1.99. The number of nitrogens with one attached hydrogen (secondary N) is 1. The molecule has 0 aliphatic carbocycles. The van der Waals surface area contributed by atoms with Crippen molar-refractivity contribution in [2.45, 2.75) is 13.8 Å². The van der Waals surface area contributed by atoms with Crippen molar-refractivity contribution in [3.05, 3.63) is 34.2 Å². The number of amides is 1. The van der Waals surface area contributed by atoms with E-state index in [1.54, 1.807) is 25.1 Å². The van der Waals surface area contributed by atoms with Crippen LogP contribution >= 0.6 is 0 Å². The van der Waals surface area contributed by atoms with Gasteiger partial charge in [-0.15, -0.1) is 0 Å². The van der Waals surface area contributed by atoms with Gasteiger partial charge in [-0.25, -0.2) is 4.79 Å². The minimum atomic E-state index is -0.573. The Labute approximate surface area is 97.2 Å². The predicted molar refractivity (Wildman–Crippen MR) is 65.9 cm³/mol. The molecule has 1 amide bonds. The maximum atomic E-state index is 11.7. The molecule has 2 aromatic rings. The van der Waals surface area contributed by atoms with Crippen LogP contribution in [0.4, 0.5) is 11.4 Å². The number of carbonyl (C=O) groups is 1. The van der Waals surface area contributed by atoms with Gasteiger partial charge in [0.25, 0.3) is 0 Å². The summed E-state index contributed by atoms with van der Waals surface area (Å²) in [5.74, 6) is -0.310. The zero-order valence-corrected chi connectivity index (χ0v) is 9.53. The van der Waals surface area contributed by atoms with Crippen LogP contribution in [0.3, 0.4) is 0 Å². The number of anilines is 2. The molecule has 2 rings (SSSR count). The van der Waals surface area contributed by atoms with E-state index in [4.69, 9.17) is 10.2 Å². The van der Waals surface area contributed by atoms with Gasteiger partial charge in [-0.1, -0.05) is 0 Å². The summed E-state index contributed by atoms with van der Waals surface area (Å²) in [6.45, 7) is 3.09. The van der Waals surface area contributed by atoms with Crippen molar-refractivity contribution in [2.24, 2.45) is 0 Å². The van der Waals surface area contributed by atoms with Gasteiger partial charge < -0.3 is 15.5 Å². The molecular formula is C12H12N2O3. The first kappa shape index (κ1) is 11.2. The van der Waals surface area contributed by atoms with Crippen LogP contribution in [-0.2, 0) is 4.79 Å². The highest BCUT2D eigenvalue weighted by Crippen LogP contribution is 2.23. The summed E-state index contributed by atoms with van der Waals surface area (Å²) in [6.07, 6.45) is 0. The van der Waals surface area contributed by atoms with Gasteiger partial charge in [-0.2, -0.15) is 0 Å². The number of hydrogen-bond donors (Lipinski definition) is 2. The summed E-state index contributed by atoms with van der Waals surface area (Å²) in [5, 5.41) is 3.22. The summed E-state index contributed by atoms with van der Waals surface area (Å²) in [4.78, 5) is 22.7. The molecule has 0 saturated carbocycles. The second-order valence-corrected chi connectivity index (χ2v) is 3.83. The summed E-state index contributed by atoms with van der Waals surface area (Å²) >= 11 is 0. The molecule has 1 aromatic heterocycles. The lowest BCUT2D eigenvalue weighted by molar-refractivity contribution is -0.114. The molecule has 17 heavy (non-hydrogen) atoms. The molecule has 0 fully saturated rings. The van der Waals surface area contributed by atoms with Crippen molar-refractivity contribution in [1.29, 1.82) is 0 Å². The average Bonchev–Trinajstić information content (AvgIpc) is 2.23. The first-order valence-electron chi connectivity index (χ1n) is 5.09. The molecule has 5 nitrogen and oxygen atoms in total. The fourth-order valence-corrected chi connectivity index (χ4v) is 1.69. The second-order valence-electron chi connectivity index (χ2n) is 3.83. The number of rotatable bonds is 1. The van der Waals surface area contributed by atoms with E-state index < -0.39 is 5.63 Å². The van der Waals surface area contributed by atoms with Gasteiger partial charge >= 0.3 is 5.63 Å². The Balaban J connectivity index is 2.76. The topological polar surface area (TPSA) is 85.3 Å². The molecule has 1 aromatic carbocycles. The van der Waals surface area contributed by atoms with Crippen molar-refractivity contribution < 1.29 is 9.21 Å². The molecule has 0 bridgehead atoms. The minimum absolute atomic E-state index is 0.176. The maximum absolute atomic E-state index is 11.7. The average molecular weight is 232 g/mol. The molecule has 0 aliphatic heterocycles. The molecule has 0 radical (unpaired) electrons. The number of benzene rings is 1. The lowest BCUT2D eigenvalue weighted by Crippen LogP contribution is -2.16. The first-order valence-corrected chi connectivity index (χ1v) is 5.09. The van der Waals surface area contributed by atoms with Crippen LogP contribution in [0.5, 0.6) is 0 Å². The molecule has 0 unspecified atom stereocenters. The Bertz CT molecular complexity index is 659. The summed E-state index contributed by atoms with van der Waals surface area (Å²) in [5.41, 5.74) is 6.82. The number of nitrogen functional groups attached to an aromatic ring is 1. The van der Waals surface area contributed by atoms with E-state index >= 15 is 0 Å². The van der Waals surface area contributed by atoms with Crippen LogP contribution in [0.1, 0.15) is 12.5 Å². The van der Waals surface area contributed by atoms with Crippen molar-refractivity contribution in [3.63, 3.8) is 0 Å². The number of fused-ring (bicyclic) bond motifs is 1. The summed E-state index contributed by atoms with van der Waals surface area (Å²) in [6, 6.07) is 5.06. The molecule has 5 heteroatoms. The van der Waals surface area contributed by atoms with Crippen LogP contribution in [0.2, 0.25) is 0 Å². The van der Waals surface area contributed by atoms with Crippen molar-refractivity contribution in [1.82, 2.24) is 0 Å². The Morgan fingerprint density at radius 2 is 2.12 bits per heavy atom. The second kappa shape index (κ2) is 3.93. The third-order valence-corrected chi connectivity index (χ3v) is 2.49. The predicted octanol–water partition coefficient (Wildman–Crippen LogP) is 1.64. The Morgan fingerprint density at radius 1 is 1.41 bits per heavy atom. The monoisotopic (exact) mass is 232 g/mol. The lowest BCUT2D eigenvalue weighted by atomic mass is 10.1. The van der Waals surface area contributed by atoms with Crippen LogP contribution in [0, 0.1) is 6.92 Å². The zero-order valence-electron chi connectivity index (χ0n) is 9.53. The molecule has 0 atom stereocenters. The zero-order chi connectivity index (χ0) is 12.6. The molecule has 3 N–H and O–H groups in total. The van der Waals surface area contributed by atoms with E-state index in [-0.39, 0.29) is 11.6 Å². The molecule has 0 aliphatic rings. The van der Waals surface area contributed by atoms with Gasteiger partial charge in [-0.3, -0.25) is 4.79 Å². The van der Waals surface area contributed by atoms with E-state index in [1.165, 1.54) is 6.92 Å². The number of aryl methyl sites for hydroxylation is 1. The number of carbonyl (C=O) groups excluding carboxylic acids is 1. The van der Waals surface area contributed by atoms with Crippen LogP contribution in [0.25, 0.3) is 11.0 Å². The SMILES string of the molecule is CC(=O)Nc1c(C)c2ccc(N)cc2oc1=O. The molecule has 1 heterocycles. The number of hydrogen-bond acceptors (Lipinski definition) is 4. The first-order chi connectivity index (χ1) is 7.99. The normalized spacial score (nSPS) is 10.5. The van der Waals surface area contributed by atoms with E-state index in [1.807, 2.05) is 0 Å². The lowest BCUT2D eigenvalue weighted by Gasteiger charge is -2.07. The standard InChI is InChI=1S/C12H12N2O3/c1-6-9-4-3-8(13)5-10(9)17-12(16)11(6)14-7(2)15/h3-5H,13H2,1-2H3,(H,14,15). The van der Waals surface area contributed by atoms with Crippen molar-refractivity contribution in [3.8, 4) is 0 Å². The van der Waals surface area contributed by atoms with Gasteiger partial charge in [0.1, 0.15) is 11.3 Å². The Hall–Kier alpha value is -2.30.